The van der Waals surface area contributed by atoms with Gasteiger partial charge < -0.3 is 16.0 Å². The topological polar surface area (TPSA) is 75.4 Å². The number of nitrogens with two attached hydrogens (primary N) is 1. The van der Waals surface area contributed by atoms with Gasteiger partial charge in [-0.05, 0) is 19.3 Å². The normalized spacial score (nSPS) is 31.1. The highest BCUT2D eigenvalue weighted by Crippen LogP contribution is 2.17. The lowest BCUT2D eigenvalue weighted by Crippen LogP contribution is -2.50. The molecule has 0 bridgehead atoms. The monoisotopic (exact) mass is 225 g/mol. The molecule has 5 heteroatoms. The summed E-state index contributed by atoms with van der Waals surface area (Å²) in [6.45, 7) is 1.98. The van der Waals surface area contributed by atoms with Crippen molar-refractivity contribution in [3.63, 3.8) is 0 Å². The van der Waals surface area contributed by atoms with E-state index in [9.17, 15) is 9.59 Å². The molecule has 0 aliphatic carbocycles. The van der Waals surface area contributed by atoms with Crippen LogP contribution in [0.1, 0.15) is 25.7 Å². The largest absolute Gasteiger partial charge is 0.355 e. The zero-order valence-electron chi connectivity index (χ0n) is 9.45. The van der Waals surface area contributed by atoms with Gasteiger partial charge in [0.15, 0.2) is 0 Å². The van der Waals surface area contributed by atoms with Crippen LogP contribution in [-0.2, 0) is 9.59 Å². The first-order valence-electron chi connectivity index (χ1n) is 5.98. The summed E-state index contributed by atoms with van der Waals surface area (Å²) in [6, 6.07) is 0.121. The van der Waals surface area contributed by atoms with Crippen LogP contribution < -0.4 is 11.1 Å². The third kappa shape index (κ3) is 2.52. The van der Waals surface area contributed by atoms with Crippen LogP contribution in [-0.4, -0.2) is 42.4 Å². The van der Waals surface area contributed by atoms with Gasteiger partial charge in [-0.2, -0.15) is 0 Å². The first kappa shape index (κ1) is 11.4. The highest BCUT2D eigenvalue weighted by Gasteiger charge is 2.30. The zero-order chi connectivity index (χ0) is 11.5. The smallest absolute Gasteiger partial charge is 0.227 e. The number of carbonyl (C=O) groups excluding carboxylic acids is 2. The van der Waals surface area contributed by atoms with E-state index in [0.717, 1.165) is 19.4 Å². The van der Waals surface area contributed by atoms with Gasteiger partial charge in [-0.3, -0.25) is 9.59 Å². The second kappa shape index (κ2) is 4.82. The summed E-state index contributed by atoms with van der Waals surface area (Å²) in [7, 11) is 0. The molecule has 2 fully saturated rings. The molecule has 0 radical (unpaired) electrons. The van der Waals surface area contributed by atoms with Crippen LogP contribution in [0.15, 0.2) is 0 Å². The maximum atomic E-state index is 12.1. The fourth-order valence-electron chi connectivity index (χ4n) is 2.41. The summed E-state index contributed by atoms with van der Waals surface area (Å²) in [5, 5.41) is 2.75. The van der Waals surface area contributed by atoms with Gasteiger partial charge in [-0.15, -0.1) is 0 Å². The van der Waals surface area contributed by atoms with Gasteiger partial charge in [-0.25, -0.2) is 0 Å². The van der Waals surface area contributed by atoms with E-state index in [1.54, 1.807) is 0 Å². The Kier molecular flexibility index (Phi) is 3.43. The van der Waals surface area contributed by atoms with Gasteiger partial charge >= 0.3 is 0 Å². The highest BCUT2D eigenvalue weighted by atomic mass is 16.2. The lowest BCUT2D eigenvalue weighted by atomic mass is 9.96. The summed E-state index contributed by atoms with van der Waals surface area (Å²) >= 11 is 0. The Hall–Kier alpha value is -1.10. The number of carbonyl (C=O) groups is 2. The van der Waals surface area contributed by atoms with Crippen LogP contribution >= 0.6 is 0 Å². The van der Waals surface area contributed by atoms with E-state index in [1.165, 1.54) is 0 Å². The molecular weight excluding hydrogens is 206 g/mol. The summed E-state index contributed by atoms with van der Waals surface area (Å²) in [5.74, 6) is 0.178. The van der Waals surface area contributed by atoms with Crippen LogP contribution in [0, 0.1) is 5.92 Å². The third-order valence-electron chi connectivity index (χ3n) is 3.38. The van der Waals surface area contributed by atoms with Crippen molar-refractivity contribution in [3.8, 4) is 0 Å². The Morgan fingerprint density at radius 2 is 2.25 bits per heavy atom. The predicted molar refractivity (Wildman–Crippen MR) is 59.5 cm³/mol. The second-order valence-electron chi connectivity index (χ2n) is 4.73. The van der Waals surface area contributed by atoms with Crippen molar-refractivity contribution < 1.29 is 9.59 Å². The lowest BCUT2D eigenvalue weighted by molar-refractivity contribution is -0.138. The lowest BCUT2D eigenvalue weighted by Gasteiger charge is -2.34. The minimum atomic E-state index is -0.0389. The van der Waals surface area contributed by atoms with Crippen molar-refractivity contribution in [2.75, 3.05) is 19.6 Å². The average molecular weight is 225 g/mol. The van der Waals surface area contributed by atoms with Gasteiger partial charge in [0.2, 0.25) is 11.8 Å². The van der Waals surface area contributed by atoms with Gasteiger partial charge in [0.25, 0.3) is 0 Å². The average Bonchev–Trinajstić information content (AvgIpc) is 2.29. The number of nitrogens with one attached hydrogen (secondary N) is 1. The summed E-state index contributed by atoms with van der Waals surface area (Å²) in [5.41, 5.74) is 5.85. The molecule has 2 atom stereocenters. The zero-order valence-corrected chi connectivity index (χ0v) is 9.45. The van der Waals surface area contributed by atoms with Gasteiger partial charge in [0, 0.05) is 32.1 Å². The molecule has 0 aromatic carbocycles. The summed E-state index contributed by atoms with van der Waals surface area (Å²) < 4.78 is 0. The summed E-state index contributed by atoms with van der Waals surface area (Å²) in [6.07, 6.45) is 3.14. The van der Waals surface area contributed by atoms with E-state index in [1.807, 2.05) is 4.90 Å². The van der Waals surface area contributed by atoms with Crippen molar-refractivity contribution in [3.05, 3.63) is 0 Å². The molecule has 90 valence electrons. The Balaban J connectivity index is 1.89. The predicted octanol–water partition coefficient (Wildman–Crippen LogP) is -0.538. The second-order valence-corrected chi connectivity index (χ2v) is 4.73. The first-order valence-corrected chi connectivity index (χ1v) is 5.98. The van der Waals surface area contributed by atoms with Crippen molar-refractivity contribution in [2.45, 2.75) is 31.7 Å². The summed E-state index contributed by atoms with van der Waals surface area (Å²) in [4.78, 5) is 25.0. The van der Waals surface area contributed by atoms with Crippen LogP contribution in [0.25, 0.3) is 0 Å². The molecule has 5 nitrogen and oxygen atoms in total. The fourth-order valence-corrected chi connectivity index (χ4v) is 2.41. The third-order valence-corrected chi connectivity index (χ3v) is 3.38. The van der Waals surface area contributed by atoms with Gasteiger partial charge in [0.05, 0.1) is 5.92 Å². The van der Waals surface area contributed by atoms with Crippen LogP contribution in [0.3, 0.4) is 0 Å². The molecule has 2 saturated heterocycles. The van der Waals surface area contributed by atoms with Gasteiger partial charge in [0.1, 0.15) is 0 Å². The van der Waals surface area contributed by atoms with Crippen molar-refractivity contribution in [1.82, 2.24) is 10.2 Å². The molecule has 0 spiro atoms. The van der Waals surface area contributed by atoms with E-state index in [4.69, 9.17) is 5.73 Å². The van der Waals surface area contributed by atoms with E-state index >= 15 is 0 Å². The van der Waals surface area contributed by atoms with Crippen molar-refractivity contribution in [2.24, 2.45) is 11.7 Å². The Morgan fingerprint density at radius 1 is 1.44 bits per heavy atom. The maximum absolute atomic E-state index is 12.1. The molecule has 0 saturated carbocycles. The number of nitrogens with zero attached hydrogens (tertiary/aromatic N) is 1. The number of piperidine rings is 2. The van der Waals surface area contributed by atoms with E-state index in [0.29, 0.717) is 25.9 Å². The van der Waals surface area contributed by atoms with Crippen LogP contribution in [0.2, 0.25) is 0 Å². The molecule has 3 N–H and O–H groups in total. The molecule has 2 unspecified atom stereocenters. The standard InChI is InChI=1S/C11H19N3O2/c12-9-2-1-5-14(7-9)11(16)8-3-4-10(15)13-6-8/h8-9H,1-7,12H2,(H,13,15). The SMILES string of the molecule is NC1CCCN(C(=O)C2CCC(=O)NC2)C1. The minimum Gasteiger partial charge on any atom is -0.355 e. The Labute approximate surface area is 95.3 Å². The number of likely N-dealkylation sites (tertiary alicyclic amines) is 1. The number of amides is 2. The molecule has 2 rings (SSSR count). The highest BCUT2D eigenvalue weighted by molar-refractivity contribution is 5.83. The maximum Gasteiger partial charge on any atom is 0.227 e. The van der Waals surface area contributed by atoms with Gasteiger partial charge in [-0.1, -0.05) is 0 Å². The molecule has 16 heavy (non-hydrogen) atoms. The number of hydrogen-bond donors (Lipinski definition) is 2. The molecule has 2 heterocycles. The fraction of sp³-hybridized carbons (Fsp3) is 0.818. The quantitative estimate of drug-likeness (QED) is 0.629. The molecule has 2 aliphatic rings. The first-order chi connectivity index (χ1) is 7.66. The van der Waals surface area contributed by atoms with E-state index in [2.05, 4.69) is 5.32 Å². The Morgan fingerprint density at radius 3 is 2.88 bits per heavy atom. The number of rotatable bonds is 1. The van der Waals surface area contributed by atoms with Crippen LogP contribution in [0.5, 0.6) is 0 Å². The molecular formula is C11H19N3O2. The van der Waals surface area contributed by atoms with Crippen molar-refractivity contribution in [1.29, 1.82) is 0 Å². The van der Waals surface area contributed by atoms with Crippen molar-refractivity contribution >= 4 is 11.8 Å². The molecule has 2 aliphatic heterocycles. The molecule has 0 aromatic heterocycles. The molecule has 2 amide bonds. The molecule has 0 aromatic rings. The van der Waals surface area contributed by atoms with E-state index in [-0.39, 0.29) is 23.8 Å². The van der Waals surface area contributed by atoms with Crippen LogP contribution in [0.4, 0.5) is 0 Å². The van der Waals surface area contributed by atoms with E-state index < -0.39 is 0 Å². The minimum absolute atomic E-state index is 0.0389. The number of hydrogen-bond acceptors (Lipinski definition) is 3. The Bertz CT molecular complexity index is 283.